The lowest BCUT2D eigenvalue weighted by atomic mass is 10.1. The van der Waals surface area contributed by atoms with Crippen molar-refractivity contribution in [2.75, 3.05) is 11.9 Å². The van der Waals surface area contributed by atoms with Crippen molar-refractivity contribution in [3.05, 3.63) is 46.9 Å². The van der Waals surface area contributed by atoms with E-state index in [0.29, 0.717) is 12.1 Å². The van der Waals surface area contributed by atoms with Gasteiger partial charge in [-0.3, -0.25) is 0 Å². The molecule has 0 amide bonds. The topological polar surface area (TPSA) is 28.2 Å². The molecule has 2 aromatic rings. The fourth-order valence-corrected chi connectivity index (χ4v) is 4.80. The molecule has 0 radical (unpaired) electrons. The van der Waals surface area contributed by atoms with Gasteiger partial charge in [-0.05, 0) is 59.5 Å². The lowest BCUT2D eigenvalue weighted by Gasteiger charge is -2.33. The summed E-state index contributed by atoms with van der Waals surface area (Å²) in [5.74, 6) is -0.207. The molecule has 1 N–H and O–H groups in total. The number of halogens is 2. The van der Waals surface area contributed by atoms with Crippen molar-refractivity contribution in [3.63, 3.8) is 0 Å². The second-order valence-corrected chi connectivity index (χ2v) is 7.94. The number of thiazole rings is 1. The molecule has 1 saturated carbocycles. The summed E-state index contributed by atoms with van der Waals surface area (Å²) in [6, 6.07) is 5.61. The summed E-state index contributed by atoms with van der Waals surface area (Å²) in [6.45, 7) is 0.947. The first-order valence-corrected chi connectivity index (χ1v) is 9.42. The lowest BCUT2D eigenvalue weighted by Crippen LogP contribution is -2.41. The molecule has 2 heterocycles. The van der Waals surface area contributed by atoms with E-state index in [1.54, 1.807) is 12.1 Å². The molecule has 2 atom stereocenters. The first kappa shape index (κ1) is 15.1. The normalized spacial score (nSPS) is 24.3. The summed E-state index contributed by atoms with van der Waals surface area (Å²) in [4.78, 5) is 6.99. The van der Waals surface area contributed by atoms with Gasteiger partial charge in [0.25, 0.3) is 0 Å². The molecule has 3 nitrogen and oxygen atoms in total. The van der Waals surface area contributed by atoms with E-state index in [0.717, 1.165) is 32.8 Å². The third-order valence-corrected chi connectivity index (χ3v) is 5.87. The SMILES string of the molecule is Fc1ccc2nc(N[C@H]3CCCC3N3C=C(Br)C=CC3)sc2c1. The highest BCUT2D eigenvalue weighted by molar-refractivity contribution is 9.11. The highest BCUT2D eigenvalue weighted by Gasteiger charge is 2.31. The molecule has 1 unspecified atom stereocenters. The highest BCUT2D eigenvalue weighted by Crippen LogP contribution is 2.32. The van der Waals surface area contributed by atoms with E-state index >= 15 is 0 Å². The Kier molecular flexibility index (Phi) is 4.11. The van der Waals surface area contributed by atoms with Gasteiger partial charge in [-0.1, -0.05) is 17.4 Å². The Morgan fingerprint density at radius 3 is 3.13 bits per heavy atom. The van der Waals surface area contributed by atoms with Crippen LogP contribution in [-0.2, 0) is 0 Å². The fraction of sp³-hybridized carbons (Fsp3) is 0.353. The molecule has 23 heavy (non-hydrogen) atoms. The number of hydrogen-bond acceptors (Lipinski definition) is 4. The van der Waals surface area contributed by atoms with Crippen LogP contribution in [0.25, 0.3) is 10.2 Å². The standard InChI is InChI=1S/C17H17BrFN3S/c18-11-3-2-8-22(10-11)15-5-1-4-13(15)20-17-21-14-7-6-12(19)9-16(14)23-17/h2-3,6-7,9-10,13,15H,1,4-5,8H2,(H,20,21)/t13-,15?/m0/s1. The van der Waals surface area contributed by atoms with Crippen molar-refractivity contribution in [2.24, 2.45) is 0 Å². The van der Waals surface area contributed by atoms with Gasteiger partial charge in [-0.25, -0.2) is 9.37 Å². The largest absolute Gasteiger partial charge is 0.368 e. The number of allylic oxidation sites excluding steroid dienone is 2. The second kappa shape index (κ2) is 6.24. The maximum absolute atomic E-state index is 13.3. The number of nitrogens with zero attached hydrogens (tertiary/aromatic N) is 2. The van der Waals surface area contributed by atoms with Crippen LogP contribution in [0.5, 0.6) is 0 Å². The summed E-state index contributed by atoms with van der Waals surface area (Å²) in [7, 11) is 0. The summed E-state index contributed by atoms with van der Waals surface area (Å²) in [5.41, 5.74) is 0.858. The zero-order chi connectivity index (χ0) is 15.8. The van der Waals surface area contributed by atoms with Gasteiger partial charge in [0, 0.05) is 29.3 Å². The number of aromatic nitrogens is 1. The first-order chi connectivity index (χ1) is 11.2. The van der Waals surface area contributed by atoms with E-state index in [9.17, 15) is 4.39 Å². The molecule has 0 spiro atoms. The minimum atomic E-state index is -0.207. The average molecular weight is 394 g/mol. The number of nitrogens with one attached hydrogen (secondary N) is 1. The molecule has 120 valence electrons. The molecule has 6 heteroatoms. The summed E-state index contributed by atoms with van der Waals surface area (Å²) < 4.78 is 15.3. The van der Waals surface area contributed by atoms with Crippen LogP contribution in [0, 0.1) is 5.82 Å². The van der Waals surface area contributed by atoms with Crippen molar-refractivity contribution in [3.8, 4) is 0 Å². The number of rotatable bonds is 3. The average Bonchev–Trinajstić information content (AvgIpc) is 3.13. The number of anilines is 1. The maximum atomic E-state index is 13.3. The Morgan fingerprint density at radius 1 is 1.35 bits per heavy atom. The molecule has 2 aliphatic rings. The Labute approximate surface area is 147 Å². The van der Waals surface area contributed by atoms with E-state index in [1.807, 2.05) is 0 Å². The van der Waals surface area contributed by atoms with Gasteiger partial charge in [0.15, 0.2) is 5.13 Å². The molecule has 4 rings (SSSR count). The third kappa shape index (κ3) is 3.15. The number of fused-ring (bicyclic) bond motifs is 1. The monoisotopic (exact) mass is 393 g/mol. The van der Waals surface area contributed by atoms with Crippen molar-refractivity contribution < 1.29 is 4.39 Å². The quantitative estimate of drug-likeness (QED) is 0.805. The number of benzene rings is 1. The molecule has 0 bridgehead atoms. The smallest absolute Gasteiger partial charge is 0.184 e. The molecular formula is C17H17BrFN3S. The zero-order valence-corrected chi connectivity index (χ0v) is 14.9. The van der Waals surface area contributed by atoms with Crippen molar-refractivity contribution in [1.29, 1.82) is 0 Å². The van der Waals surface area contributed by atoms with E-state index < -0.39 is 0 Å². The van der Waals surface area contributed by atoms with Gasteiger partial charge in [0.2, 0.25) is 0 Å². The number of hydrogen-bond donors (Lipinski definition) is 1. The third-order valence-electron chi connectivity index (χ3n) is 4.45. The van der Waals surface area contributed by atoms with Crippen LogP contribution in [-0.4, -0.2) is 28.5 Å². The lowest BCUT2D eigenvalue weighted by molar-refractivity contribution is 0.289. The molecule has 1 aromatic carbocycles. The van der Waals surface area contributed by atoms with Crippen molar-refractivity contribution in [2.45, 2.75) is 31.3 Å². The van der Waals surface area contributed by atoms with Crippen LogP contribution in [0.3, 0.4) is 0 Å². The summed E-state index contributed by atoms with van der Waals surface area (Å²) in [5, 5.41) is 4.47. The molecular weight excluding hydrogens is 377 g/mol. The van der Waals surface area contributed by atoms with Crippen LogP contribution in [0.2, 0.25) is 0 Å². The van der Waals surface area contributed by atoms with Gasteiger partial charge < -0.3 is 10.2 Å². The van der Waals surface area contributed by atoms with Crippen LogP contribution in [0.15, 0.2) is 41.0 Å². The van der Waals surface area contributed by atoms with Crippen LogP contribution in [0.4, 0.5) is 9.52 Å². The van der Waals surface area contributed by atoms with Gasteiger partial charge >= 0.3 is 0 Å². The molecule has 1 aromatic heterocycles. The van der Waals surface area contributed by atoms with Crippen LogP contribution < -0.4 is 5.32 Å². The summed E-state index contributed by atoms with van der Waals surface area (Å²) >= 11 is 5.09. The Morgan fingerprint density at radius 2 is 2.26 bits per heavy atom. The highest BCUT2D eigenvalue weighted by atomic mass is 79.9. The Bertz CT molecular complexity index is 785. The van der Waals surface area contributed by atoms with E-state index in [4.69, 9.17) is 0 Å². The van der Waals surface area contributed by atoms with Gasteiger partial charge in [0.1, 0.15) is 5.82 Å². The Hall–Kier alpha value is -1.40. The summed E-state index contributed by atoms with van der Waals surface area (Å²) in [6.07, 6.45) is 9.99. The second-order valence-electron chi connectivity index (χ2n) is 5.99. The van der Waals surface area contributed by atoms with E-state index in [2.05, 4.69) is 49.5 Å². The van der Waals surface area contributed by atoms with Crippen molar-refractivity contribution in [1.82, 2.24) is 9.88 Å². The van der Waals surface area contributed by atoms with E-state index in [-0.39, 0.29) is 5.82 Å². The van der Waals surface area contributed by atoms with Gasteiger partial charge in [-0.2, -0.15) is 0 Å². The van der Waals surface area contributed by atoms with E-state index in [1.165, 1.54) is 30.2 Å². The maximum Gasteiger partial charge on any atom is 0.184 e. The fourth-order valence-electron chi connectivity index (χ4n) is 3.40. The van der Waals surface area contributed by atoms with Gasteiger partial charge in [0.05, 0.1) is 10.2 Å². The molecule has 0 saturated heterocycles. The predicted molar refractivity (Wildman–Crippen MR) is 97.5 cm³/mol. The first-order valence-electron chi connectivity index (χ1n) is 7.81. The van der Waals surface area contributed by atoms with Crippen molar-refractivity contribution >= 4 is 42.6 Å². The zero-order valence-electron chi connectivity index (χ0n) is 12.5. The van der Waals surface area contributed by atoms with Crippen LogP contribution >= 0.6 is 27.3 Å². The Balaban J connectivity index is 1.53. The predicted octanol–water partition coefficient (Wildman–Crippen LogP) is 4.88. The molecule has 1 aliphatic heterocycles. The van der Waals surface area contributed by atoms with Crippen LogP contribution in [0.1, 0.15) is 19.3 Å². The molecule has 1 fully saturated rings. The molecule has 1 aliphatic carbocycles. The minimum absolute atomic E-state index is 0.207. The minimum Gasteiger partial charge on any atom is -0.368 e. The van der Waals surface area contributed by atoms with Gasteiger partial charge in [-0.15, -0.1) is 0 Å².